The van der Waals surface area contributed by atoms with Gasteiger partial charge in [-0.05, 0) is 43.2 Å². The van der Waals surface area contributed by atoms with E-state index in [1.54, 1.807) is 23.1 Å². The third kappa shape index (κ3) is 4.24. The van der Waals surface area contributed by atoms with Crippen molar-refractivity contribution in [2.75, 3.05) is 23.4 Å². The lowest BCUT2D eigenvalue weighted by molar-refractivity contribution is -0.116. The Kier molecular flexibility index (Phi) is 5.75. The van der Waals surface area contributed by atoms with Gasteiger partial charge in [0.1, 0.15) is 18.9 Å². The molecule has 0 saturated heterocycles. The van der Waals surface area contributed by atoms with Crippen LogP contribution in [0.2, 0.25) is 0 Å². The fourth-order valence-corrected chi connectivity index (χ4v) is 4.27. The van der Waals surface area contributed by atoms with Gasteiger partial charge in [0.05, 0.1) is 6.54 Å². The number of para-hydroxylation sites is 1. The summed E-state index contributed by atoms with van der Waals surface area (Å²) in [5.41, 5.74) is 2.32. The number of carbonyl (C=O) groups excluding carboxylic acids is 2. The maximum absolute atomic E-state index is 13.2. The van der Waals surface area contributed by atoms with Gasteiger partial charge in [0, 0.05) is 36.0 Å². The van der Waals surface area contributed by atoms with E-state index in [9.17, 15) is 14.4 Å². The lowest BCUT2D eigenvalue weighted by atomic mass is 10.1. The van der Waals surface area contributed by atoms with Crippen LogP contribution in [0.15, 0.2) is 59.4 Å². The van der Waals surface area contributed by atoms with Crippen LogP contribution in [-0.2, 0) is 17.8 Å². The van der Waals surface area contributed by atoms with Crippen molar-refractivity contribution in [2.24, 2.45) is 0 Å². The Bertz CT molecular complexity index is 1320. The summed E-state index contributed by atoms with van der Waals surface area (Å²) in [6.45, 7) is 2.97. The summed E-state index contributed by atoms with van der Waals surface area (Å²) in [6.07, 6.45) is 0.781. The molecule has 2 aromatic carbocycles. The van der Waals surface area contributed by atoms with Gasteiger partial charge in [0.15, 0.2) is 11.5 Å². The monoisotopic (exact) mass is 460 g/mol. The first-order valence-corrected chi connectivity index (χ1v) is 11.2. The van der Waals surface area contributed by atoms with Gasteiger partial charge in [-0.3, -0.25) is 14.4 Å². The summed E-state index contributed by atoms with van der Waals surface area (Å²) in [6, 6.07) is 15.7. The first-order chi connectivity index (χ1) is 16.5. The lowest BCUT2D eigenvalue weighted by Gasteiger charge is -2.22. The molecule has 0 fully saturated rings. The summed E-state index contributed by atoms with van der Waals surface area (Å²) in [4.78, 5) is 39.7. The number of rotatable bonds is 5. The molecule has 2 aliphatic heterocycles. The van der Waals surface area contributed by atoms with Crippen LogP contribution in [0.5, 0.6) is 11.5 Å². The number of fused-ring (bicyclic) bond motifs is 2. The van der Waals surface area contributed by atoms with Crippen LogP contribution in [0.3, 0.4) is 0 Å². The van der Waals surface area contributed by atoms with Gasteiger partial charge in [0.2, 0.25) is 5.91 Å². The third-order valence-electron chi connectivity index (χ3n) is 5.89. The van der Waals surface area contributed by atoms with Crippen LogP contribution in [0.4, 0.5) is 11.4 Å². The van der Waals surface area contributed by atoms with E-state index in [2.05, 4.69) is 10.4 Å². The first kappa shape index (κ1) is 21.7. The van der Waals surface area contributed by atoms with E-state index >= 15 is 0 Å². The average Bonchev–Trinajstić information content (AvgIpc) is 3.18. The SMILES string of the molecule is C[C@@H]1Cc2ccccc2N1C(=O)c1ccc(=O)n(CCC(=O)Nc2ccc3c(c2)OCCO3)n1. The first-order valence-electron chi connectivity index (χ1n) is 11.2. The number of hydrogen-bond acceptors (Lipinski definition) is 6. The summed E-state index contributed by atoms with van der Waals surface area (Å²) < 4.78 is 12.2. The molecule has 0 unspecified atom stereocenters. The number of carbonyl (C=O) groups is 2. The number of benzene rings is 2. The molecule has 3 aromatic rings. The predicted octanol–water partition coefficient (Wildman–Crippen LogP) is 2.63. The molecule has 9 heteroatoms. The number of nitrogens with one attached hydrogen (secondary N) is 1. The minimum atomic E-state index is -0.376. The number of aromatic nitrogens is 2. The second kappa shape index (κ2) is 9.01. The van der Waals surface area contributed by atoms with Crippen molar-refractivity contribution in [2.45, 2.75) is 32.4 Å². The maximum Gasteiger partial charge on any atom is 0.278 e. The van der Waals surface area contributed by atoms with E-state index in [0.717, 1.165) is 22.4 Å². The molecule has 2 amide bonds. The molecule has 0 bridgehead atoms. The number of ether oxygens (including phenoxy) is 2. The normalized spacial score (nSPS) is 16.1. The molecule has 5 rings (SSSR count). The van der Waals surface area contributed by atoms with Crippen molar-refractivity contribution >= 4 is 23.2 Å². The quantitative estimate of drug-likeness (QED) is 0.628. The van der Waals surface area contributed by atoms with Crippen LogP contribution in [0.1, 0.15) is 29.4 Å². The highest BCUT2D eigenvalue weighted by atomic mass is 16.6. The Labute approximate surface area is 195 Å². The van der Waals surface area contributed by atoms with Crippen LogP contribution in [0.25, 0.3) is 0 Å². The second-order valence-electron chi connectivity index (χ2n) is 8.29. The van der Waals surface area contributed by atoms with E-state index in [4.69, 9.17) is 9.47 Å². The Morgan fingerprint density at radius 1 is 1.06 bits per heavy atom. The van der Waals surface area contributed by atoms with Gasteiger partial charge in [-0.1, -0.05) is 18.2 Å². The average molecular weight is 460 g/mol. The Morgan fingerprint density at radius 2 is 1.85 bits per heavy atom. The third-order valence-corrected chi connectivity index (χ3v) is 5.89. The zero-order valence-corrected chi connectivity index (χ0v) is 18.7. The molecular formula is C25H24N4O5. The van der Waals surface area contributed by atoms with Crippen LogP contribution in [-0.4, -0.2) is 40.9 Å². The van der Waals surface area contributed by atoms with Gasteiger partial charge in [-0.2, -0.15) is 5.10 Å². The molecule has 0 aliphatic carbocycles. The van der Waals surface area contributed by atoms with E-state index < -0.39 is 0 Å². The molecule has 3 heterocycles. The topological polar surface area (TPSA) is 103 Å². The minimum absolute atomic E-state index is 0.0103. The molecule has 0 spiro atoms. The van der Waals surface area contributed by atoms with Crippen molar-refractivity contribution in [3.63, 3.8) is 0 Å². The van der Waals surface area contributed by atoms with Gasteiger partial charge in [-0.15, -0.1) is 0 Å². The molecule has 0 saturated carbocycles. The molecule has 34 heavy (non-hydrogen) atoms. The highest BCUT2D eigenvalue weighted by Gasteiger charge is 2.32. The zero-order valence-electron chi connectivity index (χ0n) is 18.7. The minimum Gasteiger partial charge on any atom is -0.486 e. The molecule has 9 nitrogen and oxygen atoms in total. The highest BCUT2D eigenvalue weighted by Crippen LogP contribution is 2.33. The Balaban J connectivity index is 1.27. The molecule has 0 radical (unpaired) electrons. The van der Waals surface area contributed by atoms with Crippen molar-refractivity contribution in [3.05, 3.63) is 76.2 Å². The van der Waals surface area contributed by atoms with Gasteiger partial charge in [0.25, 0.3) is 11.5 Å². The molecule has 174 valence electrons. The van der Waals surface area contributed by atoms with Crippen molar-refractivity contribution in [1.29, 1.82) is 0 Å². The smallest absolute Gasteiger partial charge is 0.278 e. The predicted molar refractivity (Wildman–Crippen MR) is 126 cm³/mol. The van der Waals surface area contributed by atoms with Gasteiger partial charge in [-0.25, -0.2) is 4.68 Å². The highest BCUT2D eigenvalue weighted by molar-refractivity contribution is 6.06. The van der Waals surface area contributed by atoms with Gasteiger partial charge >= 0.3 is 0 Å². The number of hydrogen-bond donors (Lipinski definition) is 1. The second-order valence-corrected chi connectivity index (χ2v) is 8.29. The zero-order chi connectivity index (χ0) is 23.7. The van der Waals surface area contributed by atoms with E-state index in [1.807, 2.05) is 31.2 Å². The van der Waals surface area contributed by atoms with E-state index in [0.29, 0.717) is 30.4 Å². The molecule has 1 atom stereocenters. The van der Waals surface area contributed by atoms with Crippen molar-refractivity contribution < 1.29 is 19.1 Å². The Morgan fingerprint density at radius 3 is 2.71 bits per heavy atom. The molecular weight excluding hydrogens is 436 g/mol. The maximum atomic E-state index is 13.2. The van der Waals surface area contributed by atoms with Crippen molar-refractivity contribution in [1.82, 2.24) is 9.78 Å². The number of amides is 2. The van der Waals surface area contributed by atoms with E-state index in [-0.39, 0.29) is 42.1 Å². The largest absolute Gasteiger partial charge is 0.486 e. The Hall–Kier alpha value is -4.14. The lowest BCUT2D eigenvalue weighted by Crippen LogP contribution is -2.37. The summed E-state index contributed by atoms with van der Waals surface area (Å²) in [5, 5.41) is 7.05. The molecule has 1 aromatic heterocycles. The summed E-state index contributed by atoms with van der Waals surface area (Å²) in [7, 11) is 0. The molecule has 1 N–H and O–H groups in total. The summed E-state index contributed by atoms with van der Waals surface area (Å²) in [5.74, 6) is 0.651. The van der Waals surface area contributed by atoms with Crippen molar-refractivity contribution in [3.8, 4) is 11.5 Å². The van der Waals surface area contributed by atoms with E-state index in [1.165, 1.54) is 12.1 Å². The standard InChI is InChI=1S/C25H24N4O5/c1-16-14-17-4-2-3-5-20(17)29(16)25(32)19-7-9-24(31)28(27-19)11-10-23(30)26-18-6-8-21-22(15-18)34-13-12-33-21/h2-9,15-16H,10-14H2,1H3,(H,26,30)/t16-/m1/s1. The number of aryl methyl sites for hydroxylation is 1. The van der Waals surface area contributed by atoms with Gasteiger partial charge < -0.3 is 19.7 Å². The fourth-order valence-electron chi connectivity index (χ4n) is 4.27. The summed E-state index contributed by atoms with van der Waals surface area (Å²) >= 11 is 0. The van der Waals surface area contributed by atoms with Crippen LogP contribution in [0, 0.1) is 0 Å². The van der Waals surface area contributed by atoms with Crippen LogP contribution < -0.4 is 25.2 Å². The van der Waals surface area contributed by atoms with Crippen LogP contribution >= 0.6 is 0 Å². The number of anilines is 2. The number of nitrogens with zero attached hydrogens (tertiary/aromatic N) is 3. The molecule has 2 aliphatic rings. The fraction of sp³-hybridized carbons (Fsp3) is 0.280.